The third-order valence-corrected chi connectivity index (χ3v) is 2.36. The van der Waals surface area contributed by atoms with Crippen LogP contribution >= 0.6 is 0 Å². The van der Waals surface area contributed by atoms with Gasteiger partial charge in [-0.2, -0.15) is 5.26 Å². The number of aryl methyl sites for hydroxylation is 1. The Bertz CT molecular complexity index is 506. The van der Waals surface area contributed by atoms with Crippen LogP contribution in [0.2, 0.25) is 0 Å². The smallest absolute Gasteiger partial charge is 0.210 e. The van der Waals surface area contributed by atoms with Crippen LogP contribution in [0.15, 0.2) is 30.5 Å². The highest BCUT2D eigenvalue weighted by atomic mass is 14.9. The Kier molecular flexibility index (Phi) is 2.51. The fraction of sp³-hybridized carbons (Fsp3) is 0.167. The van der Waals surface area contributed by atoms with Crippen molar-refractivity contribution >= 4 is 0 Å². The van der Waals surface area contributed by atoms with Crippen LogP contribution in [0.1, 0.15) is 18.3 Å². The molecule has 0 aliphatic carbocycles. The highest BCUT2D eigenvalue weighted by molar-refractivity contribution is 5.63. The second-order valence-corrected chi connectivity index (χ2v) is 3.26. The number of hydrogen-bond acceptors (Lipinski definition) is 2. The minimum atomic E-state index is 0.357. The van der Waals surface area contributed by atoms with Gasteiger partial charge in [-0.3, -0.25) is 0 Å². The molecule has 1 N–H and O–H groups in total. The van der Waals surface area contributed by atoms with Crippen molar-refractivity contribution in [3.63, 3.8) is 0 Å². The SMILES string of the molecule is CCc1ccccc1-c1c[nH]c(C#N)n1. The normalized spacial score (nSPS) is 9.87. The van der Waals surface area contributed by atoms with E-state index < -0.39 is 0 Å². The maximum atomic E-state index is 8.68. The largest absolute Gasteiger partial charge is 0.336 e. The molecule has 0 fully saturated rings. The highest BCUT2D eigenvalue weighted by Crippen LogP contribution is 2.21. The van der Waals surface area contributed by atoms with Crippen LogP contribution in [0.4, 0.5) is 0 Å². The zero-order valence-electron chi connectivity index (χ0n) is 8.49. The van der Waals surface area contributed by atoms with Gasteiger partial charge in [-0.15, -0.1) is 0 Å². The van der Waals surface area contributed by atoms with E-state index in [1.807, 2.05) is 24.3 Å². The quantitative estimate of drug-likeness (QED) is 0.804. The van der Waals surface area contributed by atoms with Crippen molar-refractivity contribution in [3.8, 4) is 17.3 Å². The molecule has 0 saturated heterocycles. The molecule has 3 nitrogen and oxygen atoms in total. The summed E-state index contributed by atoms with van der Waals surface area (Å²) < 4.78 is 0. The second kappa shape index (κ2) is 3.97. The van der Waals surface area contributed by atoms with Crippen LogP contribution in [0, 0.1) is 11.3 Å². The first-order valence-corrected chi connectivity index (χ1v) is 4.89. The Labute approximate surface area is 88.4 Å². The molecule has 0 radical (unpaired) electrons. The topological polar surface area (TPSA) is 52.5 Å². The Morgan fingerprint density at radius 1 is 1.40 bits per heavy atom. The predicted molar refractivity (Wildman–Crippen MR) is 58.1 cm³/mol. The third-order valence-electron chi connectivity index (χ3n) is 2.36. The second-order valence-electron chi connectivity index (χ2n) is 3.26. The predicted octanol–water partition coefficient (Wildman–Crippen LogP) is 2.51. The lowest BCUT2D eigenvalue weighted by molar-refractivity contribution is 1.14. The first-order valence-electron chi connectivity index (χ1n) is 4.89. The third kappa shape index (κ3) is 1.75. The summed E-state index contributed by atoms with van der Waals surface area (Å²) >= 11 is 0. The summed E-state index contributed by atoms with van der Waals surface area (Å²) in [5.41, 5.74) is 3.18. The Hall–Kier alpha value is -2.08. The van der Waals surface area contributed by atoms with Crippen molar-refractivity contribution in [2.24, 2.45) is 0 Å². The summed E-state index contributed by atoms with van der Waals surface area (Å²) in [6.45, 7) is 2.11. The summed E-state index contributed by atoms with van der Waals surface area (Å²) in [5.74, 6) is 0.357. The molecule has 2 aromatic rings. The van der Waals surface area contributed by atoms with Gasteiger partial charge in [0.2, 0.25) is 5.82 Å². The molecule has 3 heteroatoms. The van der Waals surface area contributed by atoms with Crippen LogP contribution in [0.5, 0.6) is 0 Å². The summed E-state index contributed by atoms with van der Waals surface area (Å²) in [6.07, 6.45) is 2.73. The highest BCUT2D eigenvalue weighted by Gasteiger charge is 2.06. The zero-order chi connectivity index (χ0) is 10.7. The number of nitriles is 1. The van der Waals surface area contributed by atoms with Gasteiger partial charge in [0.25, 0.3) is 0 Å². The molecule has 0 aliphatic heterocycles. The number of aromatic amines is 1. The van der Waals surface area contributed by atoms with E-state index in [1.165, 1.54) is 5.56 Å². The Morgan fingerprint density at radius 2 is 2.20 bits per heavy atom. The lowest BCUT2D eigenvalue weighted by atomic mass is 10.0. The van der Waals surface area contributed by atoms with Crippen molar-refractivity contribution in [2.45, 2.75) is 13.3 Å². The molecule has 0 amide bonds. The van der Waals surface area contributed by atoms with Crippen molar-refractivity contribution in [2.75, 3.05) is 0 Å². The van der Waals surface area contributed by atoms with E-state index in [-0.39, 0.29) is 0 Å². The summed E-state index contributed by atoms with van der Waals surface area (Å²) in [7, 11) is 0. The van der Waals surface area contributed by atoms with Gasteiger partial charge in [0.1, 0.15) is 6.07 Å². The lowest BCUT2D eigenvalue weighted by Gasteiger charge is -2.03. The molecule has 0 aliphatic rings. The number of aromatic nitrogens is 2. The van der Waals surface area contributed by atoms with E-state index >= 15 is 0 Å². The number of nitrogens with one attached hydrogen (secondary N) is 1. The number of hydrogen-bond donors (Lipinski definition) is 1. The Balaban J connectivity index is 2.49. The van der Waals surface area contributed by atoms with Crippen LogP contribution < -0.4 is 0 Å². The molecular formula is C12H11N3. The number of nitrogens with zero attached hydrogens (tertiary/aromatic N) is 2. The molecule has 0 bridgehead atoms. The fourth-order valence-corrected chi connectivity index (χ4v) is 1.60. The monoisotopic (exact) mass is 197 g/mol. The van der Waals surface area contributed by atoms with E-state index in [1.54, 1.807) is 6.20 Å². The molecule has 2 rings (SSSR count). The molecule has 74 valence electrons. The van der Waals surface area contributed by atoms with Crippen LogP contribution in [0.3, 0.4) is 0 Å². The molecule has 1 heterocycles. The van der Waals surface area contributed by atoms with E-state index in [2.05, 4.69) is 23.0 Å². The van der Waals surface area contributed by atoms with Crippen molar-refractivity contribution in [3.05, 3.63) is 41.9 Å². The standard InChI is InChI=1S/C12H11N3/c1-2-9-5-3-4-6-10(9)11-8-14-12(7-13)15-11/h3-6,8H,2H2,1H3,(H,14,15). The molecule has 0 atom stereocenters. The van der Waals surface area contributed by atoms with Gasteiger partial charge >= 0.3 is 0 Å². The van der Waals surface area contributed by atoms with Crippen LogP contribution in [-0.2, 0) is 6.42 Å². The number of benzene rings is 1. The van der Waals surface area contributed by atoms with E-state index in [0.717, 1.165) is 17.7 Å². The molecule has 0 spiro atoms. The average Bonchev–Trinajstić information content (AvgIpc) is 2.77. The Morgan fingerprint density at radius 3 is 2.87 bits per heavy atom. The molecular weight excluding hydrogens is 186 g/mol. The summed E-state index contributed by atoms with van der Waals surface area (Å²) in [6, 6.07) is 10.1. The van der Waals surface area contributed by atoms with Crippen molar-refractivity contribution < 1.29 is 0 Å². The molecule has 1 aromatic heterocycles. The molecule has 15 heavy (non-hydrogen) atoms. The van der Waals surface area contributed by atoms with Gasteiger partial charge in [0, 0.05) is 11.8 Å². The van der Waals surface area contributed by atoms with Crippen molar-refractivity contribution in [1.82, 2.24) is 9.97 Å². The first kappa shape index (κ1) is 9.47. The van der Waals surface area contributed by atoms with E-state index in [4.69, 9.17) is 5.26 Å². The van der Waals surface area contributed by atoms with E-state index in [9.17, 15) is 0 Å². The lowest BCUT2D eigenvalue weighted by Crippen LogP contribution is -1.87. The molecule has 0 saturated carbocycles. The molecule has 0 unspecified atom stereocenters. The van der Waals surface area contributed by atoms with Gasteiger partial charge < -0.3 is 4.98 Å². The average molecular weight is 197 g/mol. The van der Waals surface area contributed by atoms with Crippen LogP contribution in [0.25, 0.3) is 11.3 Å². The van der Waals surface area contributed by atoms with Gasteiger partial charge in [0.15, 0.2) is 0 Å². The van der Waals surface area contributed by atoms with Gasteiger partial charge in [-0.05, 0) is 12.0 Å². The number of rotatable bonds is 2. The number of imidazole rings is 1. The van der Waals surface area contributed by atoms with Gasteiger partial charge in [0.05, 0.1) is 5.69 Å². The van der Waals surface area contributed by atoms with Gasteiger partial charge in [-0.25, -0.2) is 4.98 Å². The zero-order valence-corrected chi connectivity index (χ0v) is 8.49. The molecule has 1 aromatic carbocycles. The maximum Gasteiger partial charge on any atom is 0.210 e. The van der Waals surface area contributed by atoms with E-state index in [0.29, 0.717) is 5.82 Å². The number of H-pyrrole nitrogens is 1. The minimum Gasteiger partial charge on any atom is -0.336 e. The minimum absolute atomic E-state index is 0.357. The maximum absolute atomic E-state index is 8.68. The summed E-state index contributed by atoms with van der Waals surface area (Å²) in [5, 5.41) is 8.68. The van der Waals surface area contributed by atoms with Gasteiger partial charge in [-0.1, -0.05) is 31.2 Å². The van der Waals surface area contributed by atoms with Crippen molar-refractivity contribution in [1.29, 1.82) is 5.26 Å². The van der Waals surface area contributed by atoms with Crippen LogP contribution in [-0.4, -0.2) is 9.97 Å². The summed E-state index contributed by atoms with van der Waals surface area (Å²) in [4.78, 5) is 7.02. The fourth-order valence-electron chi connectivity index (χ4n) is 1.60. The first-order chi connectivity index (χ1) is 7.35.